The van der Waals surface area contributed by atoms with Crippen LogP contribution in [0, 0.1) is 5.41 Å². The molecule has 0 aliphatic carbocycles. The first-order valence-electron chi connectivity index (χ1n) is 8.01. The van der Waals surface area contributed by atoms with E-state index in [1.165, 1.54) is 0 Å². The lowest BCUT2D eigenvalue weighted by molar-refractivity contribution is -0.152. The molecule has 2 atom stereocenters. The maximum Gasteiger partial charge on any atom is 0.320 e. The van der Waals surface area contributed by atoms with E-state index in [-0.39, 0.29) is 13.0 Å². The second-order valence-electron chi connectivity index (χ2n) is 6.40. The Bertz CT molecular complexity index is 739. The Morgan fingerprint density at radius 2 is 1.48 bits per heavy atom. The molecule has 1 saturated heterocycles. The Balaban J connectivity index is 2.23. The Morgan fingerprint density at radius 3 is 1.84 bits per heavy atom. The molecule has 0 spiro atoms. The second-order valence-corrected chi connectivity index (χ2v) is 6.40. The first kappa shape index (κ1) is 17.1. The molecule has 3 rings (SSSR count). The maximum atomic E-state index is 12.4. The highest BCUT2D eigenvalue weighted by Gasteiger charge is 2.61. The summed E-state index contributed by atoms with van der Waals surface area (Å²) >= 11 is 0. The van der Waals surface area contributed by atoms with Gasteiger partial charge < -0.3 is 21.3 Å². The molecule has 1 aliphatic heterocycles. The highest BCUT2D eigenvalue weighted by Crippen LogP contribution is 2.48. The summed E-state index contributed by atoms with van der Waals surface area (Å²) in [6.45, 7) is -0.0282. The summed E-state index contributed by atoms with van der Waals surface area (Å²) in [5.74, 6) is -2.19. The van der Waals surface area contributed by atoms with Crippen LogP contribution in [0.2, 0.25) is 0 Å². The van der Waals surface area contributed by atoms with Crippen molar-refractivity contribution in [3.63, 3.8) is 0 Å². The summed E-state index contributed by atoms with van der Waals surface area (Å²) in [6, 6.07) is 17.0. The van der Waals surface area contributed by atoms with Gasteiger partial charge in [-0.3, -0.25) is 9.59 Å². The molecular formula is C19H20N2O4. The van der Waals surface area contributed by atoms with Crippen molar-refractivity contribution in [2.75, 3.05) is 6.54 Å². The van der Waals surface area contributed by atoms with Crippen LogP contribution in [0.5, 0.6) is 0 Å². The SMILES string of the molecule is NC(c1ccccc1)(c1ccccc1)[C@]1(C(=O)O)CN[C@@H](C(=O)O)C1. The van der Waals surface area contributed by atoms with Crippen molar-refractivity contribution in [3.8, 4) is 0 Å². The Morgan fingerprint density at radius 1 is 1.00 bits per heavy atom. The average Bonchev–Trinajstić information content (AvgIpc) is 3.10. The first-order chi connectivity index (χ1) is 11.9. The van der Waals surface area contributed by atoms with Crippen molar-refractivity contribution >= 4 is 11.9 Å². The zero-order valence-corrected chi connectivity index (χ0v) is 13.6. The number of hydrogen-bond acceptors (Lipinski definition) is 4. The van der Waals surface area contributed by atoms with Gasteiger partial charge in [-0.05, 0) is 17.5 Å². The van der Waals surface area contributed by atoms with Crippen molar-refractivity contribution < 1.29 is 19.8 Å². The number of nitrogens with two attached hydrogens (primary N) is 1. The number of carboxylic acids is 2. The molecule has 2 aromatic carbocycles. The third-order valence-corrected chi connectivity index (χ3v) is 5.12. The summed E-state index contributed by atoms with van der Waals surface area (Å²) in [6.07, 6.45) is -0.0993. The third kappa shape index (κ3) is 2.59. The monoisotopic (exact) mass is 340 g/mol. The van der Waals surface area contributed by atoms with E-state index in [4.69, 9.17) is 5.73 Å². The summed E-state index contributed by atoms with van der Waals surface area (Å²) in [5.41, 5.74) is 5.24. The number of carbonyl (C=O) groups is 2. The number of benzene rings is 2. The van der Waals surface area contributed by atoms with Gasteiger partial charge >= 0.3 is 11.9 Å². The van der Waals surface area contributed by atoms with Crippen LogP contribution in [0.4, 0.5) is 0 Å². The Hall–Kier alpha value is -2.70. The second kappa shape index (κ2) is 6.31. The standard InChI is InChI=1S/C19H20N2O4/c20-19(13-7-3-1-4-8-13,14-9-5-2-6-10-14)18(17(24)25)11-15(16(22)23)21-12-18/h1-10,15,21H,11-12,20H2,(H,22,23)(H,24,25)/t15-,18+/m1/s1. The highest BCUT2D eigenvalue weighted by atomic mass is 16.4. The predicted octanol–water partition coefficient (Wildman–Crippen LogP) is 1.41. The largest absolute Gasteiger partial charge is 0.481 e. The van der Waals surface area contributed by atoms with Crippen LogP contribution in [0.15, 0.2) is 60.7 Å². The lowest BCUT2D eigenvalue weighted by Gasteiger charge is -2.44. The minimum atomic E-state index is -1.49. The summed E-state index contributed by atoms with van der Waals surface area (Å²) < 4.78 is 0. The topological polar surface area (TPSA) is 113 Å². The van der Waals surface area contributed by atoms with Crippen molar-refractivity contribution in [1.29, 1.82) is 0 Å². The molecule has 6 nitrogen and oxygen atoms in total. The molecular weight excluding hydrogens is 320 g/mol. The van der Waals surface area contributed by atoms with Crippen LogP contribution in [0.3, 0.4) is 0 Å². The zero-order valence-electron chi connectivity index (χ0n) is 13.6. The van der Waals surface area contributed by atoms with Crippen molar-refractivity contribution in [2.24, 2.45) is 11.1 Å². The number of rotatable bonds is 5. The van der Waals surface area contributed by atoms with E-state index in [1.807, 2.05) is 12.1 Å². The minimum Gasteiger partial charge on any atom is -0.481 e. The molecule has 0 unspecified atom stereocenters. The number of carboxylic acid groups (broad SMARTS) is 2. The van der Waals surface area contributed by atoms with E-state index in [0.29, 0.717) is 11.1 Å². The molecule has 0 radical (unpaired) electrons. The summed E-state index contributed by atoms with van der Waals surface area (Å²) in [5, 5.41) is 22.3. The molecule has 0 amide bonds. The highest BCUT2D eigenvalue weighted by molar-refractivity contribution is 5.83. The lowest BCUT2D eigenvalue weighted by Crippen LogP contribution is -2.58. The minimum absolute atomic E-state index is 0.0282. The first-order valence-corrected chi connectivity index (χ1v) is 8.01. The molecule has 0 saturated carbocycles. The van der Waals surface area contributed by atoms with Gasteiger partial charge in [-0.25, -0.2) is 0 Å². The van der Waals surface area contributed by atoms with Crippen molar-refractivity contribution in [1.82, 2.24) is 5.32 Å². The smallest absolute Gasteiger partial charge is 0.320 e. The zero-order chi connectivity index (χ0) is 18.1. The fourth-order valence-corrected chi connectivity index (χ4v) is 3.72. The average molecular weight is 340 g/mol. The van der Waals surface area contributed by atoms with E-state index < -0.39 is 28.9 Å². The van der Waals surface area contributed by atoms with Gasteiger partial charge in [0.1, 0.15) is 11.5 Å². The fourth-order valence-electron chi connectivity index (χ4n) is 3.72. The van der Waals surface area contributed by atoms with Gasteiger partial charge in [0.15, 0.2) is 0 Å². The van der Waals surface area contributed by atoms with Gasteiger partial charge in [0.2, 0.25) is 0 Å². The normalized spacial score (nSPS) is 23.3. The fraction of sp³-hybridized carbons (Fsp3) is 0.263. The van der Waals surface area contributed by atoms with Gasteiger partial charge in [-0.2, -0.15) is 0 Å². The molecule has 1 fully saturated rings. The van der Waals surface area contributed by atoms with Crippen molar-refractivity contribution in [2.45, 2.75) is 18.0 Å². The van der Waals surface area contributed by atoms with E-state index >= 15 is 0 Å². The Kier molecular flexibility index (Phi) is 4.32. The lowest BCUT2D eigenvalue weighted by atomic mass is 9.62. The number of aliphatic carboxylic acids is 2. The van der Waals surface area contributed by atoms with E-state index in [0.717, 1.165) is 0 Å². The van der Waals surface area contributed by atoms with Crippen LogP contribution in [-0.2, 0) is 15.1 Å². The molecule has 25 heavy (non-hydrogen) atoms. The van der Waals surface area contributed by atoms with Crippen LogP contribution in [-0.4, -0.2) is 34.7 Å². The van der Waals surface area contributed by atoms with E-state index in [9.17, 15) is 19.8 Å². The van der Waals surface area contributed by atoms with Crippen LogP contribution < -0.4 is 11.1 Å². The third-order valence-electron chi connectivity index (χ3n) is 5.12. The molecule has 0 bridgehead atoms. The molecule has 2 aromatic rings. The summed E-state index contributed by atoms with van der Waals surface area (Å²) in [4.78, 5) is 23.8. The van der Waals surface area contributed by atoms with Gasteiger partial charge in [-0.1, -0.05) is 60.7 Å². The molecule has 5 N–H and O–H groups in total. The van der Waals surface area contributed by atoms with Gasteiger partial charge in [0.05, 0.1) is 5.54 Å². The number of nitrogens with one attached hydrogen (secondary N) is 1. The maximum absolute atomic E-state index is 12.4. The Labute approximate surface area is 145 Å². The molecule has 1 aliphatic rings. The van der Waals surface area contributed by atoms with Crippen LogP contribution in [0.1, 0.15) is 17.5 Å². The van der Waals surface area contributed by atoms with Gasteiger partial charge in [0.25, 0.3) is 0 Å². The van der Waals surface area contributed by atoms with Crippen LogP contribution >= 0.6 is 0 Å². The molecule has 1 heterocycles. The van der Waals surface area contributed by atoms with E-state index in [2.05, 4.69) is 5.32 Å². The quantitative estimate of drug-likeness (QED) is 0.654. The van der Waals surface area contributed by atoms with Crippen LogP contribution in [0.25, 0.3) is 0 Å². The van der Waals surface area contributed by atoms with Gasteiger partial charge in [0, 0.05) is 6.54 Å². The number of hydrogen-bond donors (Lipinski definition) is 4. The van der Waals surface area contributed by atoms with E-state index in [1.54, 1.807) is 48.5 Å². The molecule has 130 valence electrons. The molecule has 0 aromatic heterocycles. The van der Waals surface area contributed by atoms with Crippen molar-refractivity contribution in [3.05, 3.63) is 71.8 Å². The van der Waals surface area contributed by atoms with Gasteiger partial charge in [-0.15, -0.1) is 0 Å². The molecule has 6 heteroatoms. The summed E-state index contributed by atoms with van der Waals surface area (Å²) in [7, 11) is 0. The predicted molar refractivity (Wildman–Crippen MR) is 92.0 cm³/mol.